The number of carbonyl (C=O) groups is 1. The van der Waals surface area contributed by atoms with Crippen molar-refractivity contribution in [3.63, 3.8) is 0 Å². The Labute approximate surface area is 123 Å². The van der Waals surface area contributed by atoms with Gasteiger partial charge in [-0.15, -0.1) is 0 Å². The molecule has 4 nitrogen and oxygen atoms in total. The zero-order chi connectivity index (χ0) is 15.7. The van der Waals surface area contributed by atoms with Crippen LogP contribution in [0.5, 0.6) is 0 Å². The van der Waals surface area contributed by atoms with Crippen LogP contribution in [-0.2, 0) is 12.6 Å². The van der Waals surface area contributed by atoms with E-state index in [1.54, 1.807) is 12.3 Å². The van der Waals surface area contributed by atoms with Gasteiger partial charge in [0, 0.05) is 18.8 Å². The van der Waals surface area contributed by atoms with E-state index < -0.39 is 11.7 Å². The quantitative estimate of drug-likeness (QED) is 0.698. The predicted octanol–water partition coefficient (Wildman–Crippen LogP) is 3.17. The van der Waals surface area contributed by atoms with Crippen LogP contribution < -0.4 is 0 Å². The molecule has 0 aliphatic carbocycles. The minimum atomic E-state index is -4.43. The van der Waals surface area contributed by atoms with Crippen LogP contribution in [0.25, 0.3) is 5.65 Å². The van der Waals surface area contributed by atoms with Crippen LogP contribution in [0.4, 0.5) is 13.2 Å². The molecule has 3 rings (SSSR count). The molecule has 0 atom stereocenters. The number of Topliss-reactive ketones (excluding diaryl/α,β-unsaturated/α-hetero) is 1. The van der Waals surface area contributed by atoms with E-state index >= 15 is 0 Å². The molecule has 1 aromatic carbocycles. The van der Waals surface area contributed by atoms with Crippen LogP contribution in [-0.4, -0.2) is 20.4 Å². The fourth-order valence-corrected chi connectivity index (χ4v) is 2.16. The molecule has 7 heteroatoms. The maximum absolute atomic E-state index is 12.7. The number of ketones is 1. The molecule has 0 aliphatic rings. The van der Waals surface area contributed by atoms with Gasteiger partial charge < -0.3 is 0 Å². The number of rotatable bonds is 3. The molecule has 3 aromatic rings. The maximum atomic E-state index is 12.7. The molecule has 0 bridgehead atoms. The fourth-order valence-electron chi connectivity index (χ4n) is 2.16. The summed E-state index contributed by atoms with van der Waals surface area (Å²) >= 11 is 0. The number of carbonyl (C=O) groups excluding carboxylic acids is 1. The summed E-state index contributed by atoms with van der Waals surface area (Å²) in [6.45, 7) is 0. The average molecular weight is 305 g/mol. The van der Waals surface area contributed by atoms with Gasteiger partial charge in [-0.25, -0.2) is 9.50 Å². The average Bonchev–Trinajstić information content (AvgIpc) is 2.90. The number of alkyl halides is 3. The van der Waals surface area contributed by atoms with E-state index in [0.717, 1.165) is 12.1 Å². The minimum absolute atomic E-state index is 0.137. The SMILES string of the molecule is O=C(Cc1cccc(C(F)(F)F)c1)c1cnn2cccnc12. The second-order valence-electron chi connectivity index (χ2n) is 4.74. The van der Waals surface area contributed by atoms with Crippen LogP contribution in [0.15, 0.2) is 48.9 Å². The number of aromatic nitrogens is 3. The lowest BCUT2D eigenvalue weighted by Crippen LogP contribution is -2.08. The minimum Gasteiger partial charge on any atom is -0.294 e. The first-order valence-corrected chi connectivity index (χ1v) is 6.43. The topological polar surface area (TPSA) is 47.3 Å². The number of benzene rings is 1. The molecular weight excluding hydrogens is 295 g/mol. The van der Waals surface area contributed by atoms with Gasteiger partial charge in [-0.1, -0.05) is 18.2 Å². The number of hydrogen-bond donors (Lipinski definition) is 0. The van der Waals surface area contributed by atoms with Crippen molar-refractivity contribution in [1.29, 1.82) is 0 Å². The maximum Gasteiger partial charge on any atom is 0.416 e. The van der Waals surface area contributed by atoms with Gasteiger partial charge in [-0.3, -0.25) is 4.79 Å². The lowest BCUT2D eigenvalue weighted by molar-refractivity contribution is -0.137. The van der Waals surface area contributed by atoms with Gasteiger partial charge >= 0.3 is 6.18 Å². The molecule has 0 radical (unpaired) electrons. The zero-order valence-corrected chi connectivity index (χ0v) is 11.2. The van der Waals surface area contributed by atoms with Crippen molar-refractivity contribution < 1.29 is 18.0 Å². The second-order valence-corrected chi connectivity index (χ2v) is 4.74. The zero-order valence-electron chi connectivity index (χ0n) is 11.2. The first kappa shape index (κ1) is 14.2. The van der Waals surface area contributed by atoms with Gasteiger partial charge in [0.15, 0.2) is 11.4 Å². The van der Waals surface area contributed by atoms with Crippen LogP contribution in [0.3, 0.4) is 0 Å². The highest BCUT2D eigenvalue weighted by Gasteiger charge is 2.30. The normalized spacial score (nSPS) is 11.8. The molecule has 0 fully saturated rings. The van der Waals surface area contributed by atoms with E-state index in [0.29, 0.717) is 11.2 Å². The van der Waals surface area contributed by atoms with Crippen LogP contribution in [0.1, 0.15) is 21.5 Å². The molecule has 22 heavy (non-hydrogen) atoms. The first-order valence-electron chi connectivity index (χ1n) is 6.43. The third kappa shape index (κ3) is 2.69. The van der Waals surface area contributed by atoms with Gasteiger partial charge in [-0.05, 0) is 17.7 Å². The number of nitrogens with zero attached hydrogens (tertiary/aromatic N) is 3. The molecule has 0 spiro atoms. The second kappa shape index (κ2) is 5.25. The van der Waals surface area contributed by atoms with E-state index in [1.807, 2.05) is 0 Å². The smallest absolute Gasteiger partial charge is 0.294 e. The molecule has 2 heterocycles. The monoisotopic (exact) mass is 305 g/mol. The Morgan fingerprint density at radius 3 is 2.82 bits per heavy atom. The fraction of sp³-hybridized carbons (Fsp3) is 0.133. The van der Waals surface area contributed by atoms with Crippen molar-refractivity contribution in [3.8, 4) is 0 Å². The predicted molar refractivity (Wildman–Crippen MR) is 72.5 cm³/mol. The van der Waals surface area contributed by atoms with Crippen molar-refractivity contribution >= 4 is 11.4 Å². The molecule has 0 unspecified atom stereocenters. The summed E-state index contributed by atoms with van der Waals surface area (Å²) < 4.78 is 39.5. The summed E-state index contributed by atoms with van der Waals surface area (Å²) in [7, 11) is 0. The van der Waals surface area contributed by atoms with E-state index in [2.05, 4.69) is 10.1 Å². The van der Waals surface area contributed by atoms with Crippen molar-refractivity contribution in [2.24, 2.45) is 0 Å². The van der Waals surface area contributed by atoms with Crippen molar-refractivity contribution in [1.82, 2.24) is 14.6 Å². The lowest BCUT2D eigenvalue weighted by atomic mass is 10.0. The van der Waals surface area contributed by atoms with Crippen molar-refractivity contribution in [2.45, 2.75) is 12.6 Å². The standard InChI is InChI=1S/C15H10F3N3O/c16-15(17,18)11-4-1-3-10(7-11)8-13(22)12-9-20-21-6-2-5-19-14(12)21/h1-7,9H,8H2. The Morgan fingerprint density at radius 1 is 1.23 bits per heavy atom. The molecule has 0 saturated carbocycles. The van der Waals surface area contributed by atoms with E-state index in [-0.39, 0.29) is 17.8 Å². The van der Waals surface area contributed by atoms with Gasteiger partial charge in [-0.2, -0.15) is 18.3 Å². The Hall–Kier alpha value is -2.70. The molecular formula is C15H10F3N3O. The number of halogens is 3. The summed E-state index contributed by atoms with van der Waals surface area (Å²) in [6, 6.07) is 6.41. The van der Waals surface area contributed by atoms with Gasteiger partial charge in [0.2, 0.25) is 0 Å². The Kier molecular flexibility index (Phi) is 3.40. The van der Waals surface area contributed by atoms with Crippen molar-refractivity contribution in [3.05, 3.63) is 65.6 Å². The van der Waals surface area contributed by atoms with Crippen LogP contribution in [0, 0.1) is 0 Å². The lowest BCUT2D eigenvalue weighted by Gasteiger charge is -2.08. The summed E-state index contributed by atoms with van der Waals surface area (Å²) in [6.07, 6.45) is -0.0212. The third-order valence-corrected chi connectivity index (χ3v) is 3.20. The summed E-state index contributed by atoms with van der Waals surface area (Å²) in [5.41, 5.74) is 0.211. The van der Waals surface area contributed by atoms with E-state index in [1.165, 1.54) is 29.0 Å². The third-order valence-electron chi connectivity index (χ3n) is 3.20. The highest BCUT2D eigenvalue weighted by molar-refractivity contribution is 6.02. The van der Waals surface area contributed by atoms with Crippen LogP contribution >= 0.6 is 0 Å². The summed E-state index contributed by atoms with van der Waals surface area (Å²) in [4.78, 5) is 16.3. The molecule has 2 aromatic heterocycles. The summed E-state index contributed by atoms with van der Waals surface area (Å²) in [5, 5.41) is 3.99. The molecule has 0 N–H and O–H groups in total. The Bertz CT molecular complexity index is 839. The molecule has 0 saturated heterocycles. The summed E-state index contributed by atoms with van der Waals surface area (Å²) in [5.74, 6) is -0.326. The highest BCUT2D eigenvalue weighted by atomic mass is 19.4. The largest absolute Gasteiger partial charge is 0.416 e. The Morgan fingerprint density at radius 2 is 2.05 bits per heavy atom. The Balaban J connectivity index is 1.89. The first-order chi connectivity index (χ1) is 10.4. The van der Waals surface area contributed by atoms with Gasteiger partial charge in [0.25, 0.3) is 0 Å². The van der Waals surface area contributed by atoms with E-state index in [9.17, 15) is 18.0 Å². The number of fused-ring (bicyclic) bond motifs is 1. The molecule has 0 amide bonds. The molecule has 112 valence electrons. The highest BCUT2D eigenvalue weighted by Crippen LogP contribution is 2.29. The van der Waals surface area contributed by atoms with E-state index in [4.69, 9.17) is 0 Å². The van der Waals surface area contributed by atoms with Crippen LogP contribution in [0.2, 0.25) is 0 Å². The number of hydrogen-bond acceptors (Lipinski definition) is 3. The van der Waals surface area contributed by atoms with Gasteiger partial charge in [0.1, 0.15) is 0 Å². The van der Waals surface area contributed by atoms with Crippen molar-refractivity contribution in [2.75, 3.05) is 0 Å². The van der Waals surface area contributed by atoms with Gasteiger partial charge in [0.05, 0.1) is 17.3 Å². The molecule has 0 aliphatic heterocycles.